The number of anilines is 1. The smallest absolute Gasteiger partial charge is 0.159 e. The summed E-state index contributed by atoms with van der Waals surface area (Å²) in [5.74, 6) is 0.700. The summed E-state index contributed by atoms with van der Waals surface area (Å²) in [6.45, 7) is 4.16. The van der Waals surface area contributed by atoms with Gasteiger partial charge in [0, 0.05) is 35.4 Å². The van der Waals surface area contributed by atoms with Gasteiger partial charge in [0.25, 0.3) is 0 Å². The lowest BCUT2D eigenvalue weighted by molar-refractivity contribution is 1.17. The number of aliphatic imine (C=N–C) groups is 1. The highest BCUT2D eigenvalue weighted by atomic mass is 15.0. The van der Waals surface area contributed by atoms with E-state index in [2.05, 4.69) is 37.9 Å². The Hall–Kier alpha value is -5.43. The van der Waals surface area contributed by atoms with Crippen molar-refractivity contribution >= 4 is 33.8 Å². The van der Waals surface area contributed by atoms with Gasteiger partial charge in [-0.15, -0.1) is 0 Å². The average molecular weight is 492 g/mol. The van der Waals surface area contributed by atoms with Gasteiger partial charge in [0.15, 0.2) is 5.82 Å². The monoisotopic (exact) mass is 491 g/mol. The molecule has 180 valence electrons. The van der Waals surface area contributed by atoms with Gasteiger partial charge >= 0.3 is 0 Å². The number of hydrogen-bond donors (Lipinski definition) is 2. The largest absolute Gasteiger partial charge is 0.354 e. The third-order valence-corrected chi connectivity index (χ3v) is 6.51. The number of nitrogens with one attached hydrogen (secondary N) is 2. The van der Waals surface area contributed by atoms with Crippen LogP contribution in [0.15, 0.2) is 115 Å². The summed E-state index contributed by atoms with van der Waals surface area (Å²) in [7, 11) is 0. The Labute approximate surface area is 218 Å². The highest BCUT2D eigenvalue weighted by Gasteiger charge is 2.26. The first-order valence-corrected chi connectivity index (χ1v) is 12.2. The second-order valence-electron chi connectivity index (χ2n) is 8.98. The van der Waals surface area contributed by atoms with Crippen molar-refractivity contribution in [1.29, 1.82) is 0 Å². The van der Waals surface area contributed by atoms with Crippen LogP contribution in [0.4, 0.5) is 11.4 Å². The molecule has 0 amide bonds. The van der Waals surface area contributed by atoms with Crippen LogP contribution in [0.2, 0.25) is 0 Å². The minimum atomic E-state index is 0.700. The molecule has 0 saturated heterocycles. The zero-order chi connectivity index (χ0) is 25.5. The maximum Gasteiger partial charge on any atom is 0.159 e. The molecule has 0 aliphatic carbocycles. The lowest BCUT2D eigenvalue weighted by Gasteiger charge is -2.17. The molecule has 0 fully saturated rings. The van der Waals surface area contributed by atoms with Gasteiger partial charge in [-0.1, -0.05) is 49.0 Å². The minimum Gasteiger partial charge on any atom is -0.354 e. The zero-order valence-corrected chi connectivity index (χ0v) is 20.3. The van der Waals surface area contributed by atoms with E-state index in [1.54, 1.807) is 18.6 Å². The summed E-state index contributed by atoms with van der Waals surface area (Å²) in [6, 6.07) is 26.0. The topological polar surface area (TPSA) is 91.7 Å². The fourth-order valence-corrected chi connectivity index (χ4v) is 4.61. The molecule has 2 N–H and O–H groups in total. The van der Waals surface area contributed by atoms with E-state index in [1.165, 1.54) is 0 Å². The van der Waals surface area contributed by atoms with Gasteiger partial charge < -0.3 is 10.3 Å². The van der Waals surface area contributed by atoms with Gasteiger partial charge in [-0.3, -0.25) is 9.97 Å². The number of aromatic amines is 1. The van der Waals surface area contributed by atoms with E-state index in [-0.39, 0.29) is 0 Å². The van der Waals surface area contributed by atoms with Crippen LogP contribution in [0, 0.1) is 0 Å². The van der Waals surface area contributed by atoms with Crippen LogP contribution in [-0.4, -0.2) is 30.6 Å². The Morgan fingerprint density at radius 3 is 2.53 bits per heavy atom. The second-order valence-corrected chi connectivity index (χ2v) is 8.98. The van der Waals surface area contributed by atoms with Crippen LogP contribution in [0.1, 0.15) is 17.1 Å². The highest BCUT2D eigenvalue weighted by molar-refractivity contribution is 6.20. The van der Waals surface area contributed by atoms with Gasteiger partial charge in [-0.25, -0.2) is 15.0 Å². The van der Waals surface area contributed by atoms with Crippen LogP contribution >= 0.6 is 0 Å². The van der Waals surface area contributed by atoms with E-state index in [0.717, 1.165) is 67.5 Å². The van der Waals surface area contributed by atoms with Gasteiger partial charge in [0.2, 0.25) is 0 Å². The van der Waals surface area contributed by atoms with Crippen LogP contribution in [0.3, 0.4) is 0 Å². The first-order valence-electron chi connectivity index (χ1n) is 12.2. The number of para-hydroxylation sites is 1. The standard InChI is InChI=1S/C31H21N7/c1-19(20-6-3-2-4-7-20)34-23-16-22(17-33-18-23)25-10-11-27-29(35-25)30(36-27)31-37-26-9-5-8-24(28(26)38-31)21-12-14-32-15-13-21/h2-18,34H,1H2,(H,37,38). The first-order chi connectivity index (χ1) is 18.7. The van der Waals surface area contributed by atoms with Gasteiger partial charge in [0.1, 0.15) is 11.4 Å². The average Bonchev–Trinajstić information content (AvgIpc) is 3.38. The number of pyridine rings is 3. The van der Waals surface area contributed by atoms with Crippen molar-refractivity contribution in [3.05, 3.63) is 127 Å². The predicted octanol–water partition coefficient (Wildman–Crippen LogP) is 6.65. The van der Waals surface area contributed by atoms with Crippen molar-refractivity contribution < 1.29 is 0 Å². The molecule has 0 unspecified atom stereocenters. The van der Waals surface area contributed by atoms with E-state index in [1.807, 2.05) is 79.0 Å². The molecule has 1 aliphatic heterocycles. The number of aromatic nitrogens is 5. The van der Waals surface area contributed by atoms with Crippen LogP contribution < -0.4 is 5.32 Å². The SMILES string of the molecule is C=C(Nc1cncc(-c2ccc3c(n2)C(c2nc4c(-c5ccncc5)cccc4[nH]2)=N3)c1)c1ccccc1. The summed E-state index contributed by atoms with van der Waals surface area (Å²) in [4.78, 5) is 26.5. The fourth-order valence-electron chi connectivity index (χ4n) is 4.61. The number of fused-ring (bicyclic) bond motifs is 2. The summed E-state index contributed by atoms with van der Waals surface area (Å²) in [5.41, 5.74) is 10.7. The highest BCUT2D eigenvalue weighted by Crippen LogP contribution is 2.35. The molecule has 7 nitrogen and oxygen atoms in total. The number of H-pyrrole nitrogens is 1. The van der Waals surface area contributed by atoms with E-state index in [0.29, 0.717) is 5.82 Å². The third kappa shape index (κ3) is 3.83. The Morgan fingerprint density at radius 2 is 1.66 bits per heavy atom. The van der Waals surface area contributed by atoms with Crippen molar-refractivity contribution in [2.45, 2.75) is 0 Å². The molecule has 0 radical (unpaired) electrons. The Kier molecular flexibility index (Phi) is 5.11. The predicted molar refractivity (Wildman–Crippen MR) is 151 cm³/mol. The molecule has 0 atom stereocenters. The number of nitrogens with zero attached hydrogens (tertiary/aromatic N) is 5. The summed E-state index contributed by atoms with van der Waals surface area (Å²) in [6.07, 6.45) is 7.16. The zero-order valence-electron chi connectivity index (χ0n) is 20.3. The molecule has 1 aliphatic rings. The molecular weight excluding hydrogens is 470 g/mol. The third-order valence-electron chi connectivity index (χ3n) is 6.51. The molecule has 0 saturated carbocycles. The quantitative estimate of drug-likeness (QED) is 0.272. The summed E-state index contributed by atoms with van der Waals surface area (Å²) >= 11 is 0. The number of hydrogen-bond acceptors (Lipinski definition) is 6. The molecule has 7 heteroatoms. The lowest BCUT2D eigenvalue weighted by Crippen LogP contribution is -2.15. The first kappa shape index (κ1) is 21.8. The number of rotatable bonds is 6. The van der Waals surface area contributed by atoms with Crippen molar-refractivity contribution in [2.75, 3.05) is 5.32 Å². The van der Waals surface area contributed by atoms with Gasteiger partial charge in [0.05, 0.1) is 34.3 Å². The van der Waals surface area contributed by atoms with Crippen LogP contribution in [-0.2, 0) is 0 Å². The maximum atomic E-state index is 4.93. The van der Waals surface area contributed by atoms with E-state index in [4.69, 9.17) is 9.97 Å². The van der Waals surface area contributed by atoms with E-state index >= 15 is 0 Å². The molecule has 4 aromatic heterocycles. The van der Waals surface area contributed by atoms with Gasteiger partial charge in [-0.2, -0.15) is 0 Å². The van der Waals surface area contributed by atoms with Gasteiger partial charge in [-0.05, 0) is 47.5 Å². The molecule has 5 heterocycles. The molecule has 0 spiro atoms. The Morgan fingerprint density at radius 1 is 0.789 bits per heavy atom. The van der Waals surface area contributed by atoms with Crippen LogP contribution in [0.5, 0.6) is 0 Å². The van der Waals surface area contributed by atoms with Crippen molar-refractivity contribution in [1.82, 2.24) is 24.9 Å². The minimum absolute atomic E-state index is 0.700. The van der Waals surface area contributed by atoms with Crippen molar-refractivity contribution in [3.8, 4) is 22.4 Å². The van der Waals surface area contributed by atoms with Crippen LogP contribution in [0.25, 0.3) is 39.1 Å². The molecule has 7 rings (SSSR count). The van der Waals surface area contributed by atoms with E-state index < -0.39 is 0 Å². The fraction of sp³-hybridized carbons (Fsp3) is 0. The summed E-state index contributed by atoms with van der Waals surface area (Å²) < 4.78 is 0. The molecule has 6 aromatic rings. The Bertz CT molecular complexity index is 1850. The van der Waals surface area contributed by atoms with Crippen molar-refractivity contribution in [2.24, 2.45) is 4.99 Å². The summed E-state index contributed by atoms with van der Waals surface area (Å²) in [5, 5.41) is 3.35. The lowest BCUT2D eigenvalue weighted by atomic mass is 10.1. The molecular formula is C31H21N7. The molecule has 38 heavy (non-hydrogen) atoms. The van der Waals surface area contributed by atoms with Crippen molar-refractivity contribution in [3.63, 3.8) is 0 Å². The normalized spacial score (nSPS) is 11.9. The second kappa shape index (κ2) is 8.90. The Balaban J connectivity index is 1.18. The van der Waals surface area contributed by atoms with E-state index in [9.17, 15) is 0 Å². The number of imidazole rings is 1. The molecule has 2 aromatic carbocycles. The molecule has 0 bridgehead atoms. The number of benzene rings is 2. The maximum absolute atomic E-state index is 4.93.